The van der Waals surface area contributed by atoms with E-state index >= 15 is 0 Å². The summed E-state index contributed by atoms with van der Waals surface area (Å²) in [5, 5.41) is 14.8. The fraction of sp³-hybridized carbons (Fsp3) is 0.500. The van der Waals surface area contributed by atoms with Gasteiger partial charge < -0.3 is 4.43 Å². The summed E-state index contributed by atoms with van der Waals surface area (Å²) in [6, 6.07) is 12.8. The molecule has 0 aliphatic rings. The van der Waals surface area contributed by atoms with Crippen molar-refractivity contribution in [3.63, 3.8) is 0 Å². The number of pyridine rings is 1. The minimum absolute atomic E-state index is 0.200. The molecule has 0 spiro atoms. The van der Waals surface area contributed by atoms with Crippen LogP contribution >= 0.6 is 0 Å². The van der Waals surface area contributed by atoms with Crippen LogP contribution in [0.25, 0.3) is 16.8 Å². The number of nitriles is 1. The first-order valence-electron chi connectivity index (χ1n) is 11.3. The summed E-state index contributed by atoms with van der Waals surface area (Å²) in [5.74, 6) is 1.03. The summed E-state index contributed by atoms with van der Waals surface area (Å²) in [6.07, 6.45) is 2.05. The van der Waals surface area contributed by atoms with E-state index in [0.29, 0.717) is 0 Å². The largest absolute Gasteiger partial charge is 0.414 e. The van der Waals surface area contributed by atoms with Crippen molar-refractivity contribution in [3.05, 3.63) is 53.5 Å². The van der Waals surface area contributed by atoms with Crippen molar-refractivity contribution >= 4 is 15.4 Å². The summed E-state index contributed by atoms with van der Waals surface area (Å²) in [7, 11) is -0.755. The third-order valence-corrected chi connectivity index (χ3v) is 7.43. The number of rotatable bonds is 6. The molecule has 2 heterocycles. The Hall–Kier alpha value is -2.49. The van der Waals surface area contributed by atoms with Crippen LogP contribution in [-0.2, 0) is 15.4 Å². The maximum Gasteiger partial charge on any atom is 0.168 e. The fourth-order valence-electron chi connectivity index (χ4n) is 3.58. The first-order chi connectivity index (χ1) is 14.7. The van der Waals surface area contributed by atoms with Crippen LogP contribution in [0.5, 0.6) is 0 Å². The topological polar surface area (TPSA) is 63.2 Å². The Morgan fingerprint density at radius 3 is 2.28 bits per heavy atom. The van der Waals surface area contributed by atoms with Crippen LogP contribution in [0.4, 0.5) is 0 Å². The van der Waals surface area contributed by atoms with Gasteiger partial charge in [0.25, 0.3) is 0 Å². The number of nitrogens with zero attached hydrogens (tertiary/aromatic N) is 4. The van der Waals surface area contributed by atoms with Crippen molar-refractivity contribution in [2.75, 3.05) is 0 Å². The maximum absolute atomic E-state index is 9.84. The van der Waals surface area contributed by atoms with Crippen LogP contribution < -0.4 is 0 Å². The van der Waals surface area contributed by atoms with E-state index in [9.17, 15) is 5.26 Å². The predicted octanol–water partition coefficient (Wildman–Crippen LogP) is 5.87. The molecule has 0 bridgehead atoms. The average Bonchev–Trinajstić information content (AvgIpc) is 3.16. The third kappa shape index (κ3) is 4.95. The van der Waals surface area contributed by atoms with Crippen LogP contribution in [0.2, 0.25) is 5.04 Å². The first-order valence-corrected chi connectivity index (χ1v) is 12.6. The molecule has 5 nitrogen and oxygen atoms in total. The molecule has 0 N–H and O–H groups in total. The summed E-state index contributed by atoms with van der Waals surface area (Å²) >= 11 is 0. The Balaban J connectivity index is 2.28. The van der Waals surface area contributed by atoms with Crippen molar-refractivity contribution in [1.82, 2.24) is 14.6 Å². The molecule has 3 aromatic rings. The number of benzene rings is 1. The monoisotopic (exact) mass is 448 g/mol. The summed E-state index contributed by atoms with van der Waals surface area (Å²) in [5.41, 5.74) is 3.76. The number of fused-ring (bicyclic) bond motifs is 1. The van der Waals surface area contributed by atoms with Gasteiger partial charge in [-0.25, -0.2) is 9.50 Å². The fourth-order valence-corrected chi connectivity index (χ4v) is 4.54. The number of aromatic nitrogens is 3. The molecule has 6 heteroatoms. The molecule has 2 aromatic heterocycles. The summed E-state index contributed by atoms with van der Waals surface area (Å²) < 4.78 is 8.41. The van der Waals surface area contributed by atoms with Gasteiger partial charge in [-0.15, -0.1) is 0 Å². The molecule has 0 aliphatic heterocycles. The highest BCUT2D eigenvalue weighted by molar-refractivity contribution is 6.31. The van der Waals surface area contributed by atoms with Gasteiger partial charge in [0.05, 0.1) is 17.1 Å². The Bertz CT molecular complexity index is 1160. The molecule has 0 fully saturated rings. The van der Waals surface area contributed by atoms with Gasteiger partial charge in [-0.2, -0.15) is 10.4 Å². The normalized spacial score (nSPS) is 13.4. The minimum Gasteiger partial charge on any atom is -0.414 e. The number of hydrogen-bond donors (Lipinski definition) is 0. The van der Waals surface area contributed by atoms with E-state index in [1.165, 1.54) is 0 Å². The van der Waals surface area contributed by atoms with Crippen LogP contribution in [-0.4, -0.2) is 24.4 Å². The quantitative estimate of drug-likeness (QED) is 0.442. The highest BCUT2D eigenvalue weighted by atomic mass is 28.2. The lowest BCUT2D eigenvalue weighted by atomic mass is 9.81. The second kappa shape index (κ2) is 8.46. The van der Waals surface area contributed by atoms with Crippen LogP contribution in [0.15, 0.2) is 36.5 Å². The van der Waals surface area contributed by atoms with Gasteiger partial charge in [-0.05, 0) is 49.9 Å². The Morgan fingerprint density at radius 2 is 1.69 bits per heavy atom. The van der Waals surface area contributed by atoms with E-state index in [1.54, 1.807) is 0 Å². The molecule has 0 aliphatic carbocycles. The van der Waals surface area contributed by atoms with E-state index in [0.717, 1.165) is 33.7 Å². The molecule has 0 amide bonds. The van der Waals surface area contributed by atoms with E-state index in [-0.39, 0.29) is 11.0 Å². The smallest absolute Gasteiger partial charge is 0.168 e. The summed E-state index contributed by atoms with van der Waals surface area (Å²) in [4.78, 5) is 4.88. The van der Waals surface area contributed by atoms with E-state index in [4.69, 9.17) is 14.5 Å². The molecular weight excluding hydrogens is 412 g/mol. The molecule has 0 atom stereocenters. The SMILES string of the molecule is CC(C)c1nc2c(-c3ccccc3C(C)(C)C#N)cc(C(C)(C)O[SiH2]C(C)(C)C)cn2n1. The lowest BCUT2D eigenvalue weighted by Crippen LogP contribution is -2.28. The Morgan fingerprint density at radius 1 is 1.03 bits per heavy atom. The second-order valence-electron chi connectivity index (χ2n) is 11.2. The molecule has 0 unspecified atom stereocenters. The summed E-state index contributed by atoms with van der Waals surface area (Å²) in [6.45, 7) is 19.1. The van der Waals surface area contributed by atoms with Gasteiger partial charge in [0.1, 0.15) is 0 Å². The first kappa shape index (κ1) is 24.2. The van der Waals surface area contributed by atoms with Gasteiger partial charge in [0, 0.05) is 23.2 Å². The van der Waals surface area contributed by atoms with Crippen molar-refractivity contribution in [3.8, 4) is 17.2 Å². The molecule has 3 rings (SSSR count). The molecule has 1 aromatic carbocycles. The highest BCUT2D eigenvalue weighted by Crippen LogP contribution is 2.38. The molecule has 0 radical (unpaired) electrons. The van der Waals surface area contributed by atoms with Crippen LogP contribution in [0, 0.1) is 11.3 Å². The van der Waals surface area contributed by atoms with Crippen molar-refractivity contribution in [2.24, 2.45) is 0 Å². The van der Waals surface area contributed by atoms with Crippen LogP contribution in [0.1, 0.15) is 85.2 Å². The zero-order valence-corrected chi connectivity index (χ0v) is 22.4. The molecular formula is C26H36N4OSi. The number of hydrogen-bond acceptors (Lipinski definition) is 4. The second-order valence-corrected chi connectivity index (χ2v) is 13.9. The minimum atomic E-state index is -0.755. The van der Waals surface area contributed by atoms with Crippen LogP contribution in [0.3, 0.4) is 0 Å². The van der Waals surface area contributed by atoms with E-state index in [1.807, 2.05) is 42.8 Å². The highest BCUT2D eigenvalue weighted by Gasteiger charge is 2.29. The molecule has 32 heavy (non-hydrogen) atoms. The lowest BCUT2D eigenvalue weighted by molar-refractivity contribution is 0.109. The lowest BCUT2D eigenvalue weighted by Gasteiger charge is -2.31. The molecule has 0 saturated carbocycles. The van der Waals surface area contributed by atoms with Gasteiger partial charge in [0.15, 0.2) is 21.2 Å². The Labute approximate surface area is 194 Å². The van der Waals surface area contributed by atoms with Gasteiger partial charge in [-0.1, -0.05) is 58.9 Å². The standard InChI is InChI=1S/C26H36N4OSi/c1-17(2)22-28-23-20(19-12-10-11-13-21(19)25(6,7)16-27)14-18(15-30(23)29-22)26(8,9)31-32-24(3,4)5/h10-15,17H,32H2,1-9H3. The van der Waals surface area contributed by atoms with E-state index < -0.39 is 20.8 Å². The van der Waals surface area contributed by atoms with Crippen molar-refractivity contribution < 1.29 is 4.43 Å². The van der Waals surface area contributed by atoms with Gasteiger partial charge in [0.2, 0.25) is 0 Å². The maximum atomic E-state index is 9.84. The van der Waals surface area contributed by atoms with Gasteiger partial charge >= 0.3 is 0 Å². The predicted molar refractivity (Wildman–Crippen MR) is 134 cm³/mol. The third-order valence-electron chi connectivity index (χ3n) is 5.70. The molecule has 170 valence electrons. The zero-order chi connectivity index (χ0) is 23.9. The van der Waals surface area contributed by atoms with E-state index in [2.05, 4.69) is 66.7 Å². The molecule has 0 saturated heterocycles. The zero-order valence-electron chi connectivity index (χ0n) is 20.9. The Kier molecular flexibility index (Phi) is 6.38. The average molecular weight is 449 g/mol. The van der Waals surface area contributed by atoms with Crippen molar-refractivity contribution in [1.29, 1.82) is 5.26 Å². The van der Waals surface area contributed by atoms with Gasteiger partial charge in [-0.3, -0.25) is 0 Å². The van der Waals surface area contributed by atoms with Crippen molar-refractivity contribution in [2.45, 2.75) is 84.3 Å².